The van der Waals surface area contributed by atoms with Gasteiger partial charge in [0.25, 0.3) is 0 Å². The fourth-order valence-electron chi connectivity index (χ4n) is 1.38. The number of hydrogen-bond acceptors (Lipinski definition) is 3. The molecule has 0 bridgehead atoms. The van der Waals surface area contributed by atoms with Crippen LogP contribution in [-0.4, -0.2) is 4.98 Å². The lowest BCUT2D eigenvalue weighted by Gasteiger charge is -2.07. The molecule has 2 rings (SSSR count). The first kappa shape index (κ1) is 9.98. The highest BCUT2D eigenvalue weighted by Gasteiger charge is 2.07. The van der Waals surface area contributed by atoms with Crippen LogP contribution in [0.3, 0.4) is 0 Å². The Balaban J connectivity index is 2.60. The lowest BCUT2D eigenvalue weighted by atomic mass is 10.1. The van der Waals surface area contributed by atoms with Crippen LogP contribution in [0.1, 0.15) is 0 Å². The molecule has 0 saturated carbocycles. The number of rotatable bonds is 1. The lowest BCUT2D eigenvalue weighted by Crippen LogP contribution is -1.96. The first-order chi connectivity index (χ1) is 7.18. The Kier molecular flexibility index (Phi) is 2.60. The van der Waals surface area contributed by atoms with Crippen molar-refractivity contribution in [3.8, 4) is 11.3 Å². The van der Waals surface area contributed by atoms with Crippen molar-refractivity contribution in [2.45, 2.75) is 0 Å². The van der Waals surface area contributed by atoms with E-state index in [9.17, 15) is 0 Å². The minimum atomic E-state index is 0.573. The minimum absolute atomic E-state index is 0.573. The molecular formula is C11H10BrN3. The highest BCUT2D eigenvalue weighted by molar-refractivity contribution is 9.10. The zero-order valence-electron chi connectivity index (χ0n) is 7.94. The molecule has 76 valence electrons. The Hall–Kier alpha value is -1.55. The van der Waals surface area contributed by atoms with Gasteiger partial charge in [0, 0.05) is 10.0 Å². The van der Waals surface area contributed by atoms with Gasteiger partial charge in [-0.3, -0.25) is 4.98 Å². The number of hydrogen-bond donors (Lipinski definition) is 2. The largest absolute Gasteiger partial charge is 0.397 e. The van der Waals surface area contributed by atoms with E-state index in [1.54, 1.807) is 12.3 Å². The van der Waals surface area contributed by atoms with Crippen LogP contribution in [0, 0.1) is 0 Å². The Morgan fingerprint density at radius 3 is 2.53 bits per heavy atom. The second-order valence-electron chi connectivity index (χ2n) is 3.19. The van der Waals surface area contributed by atoms with Crippen LogP contribution in [0.25, 0.3) is 11.3 Å². The third-order valence-electron chi connectivity index (χ3n) is 2.07. The lowest BCUT2D eigenvalue weighted by molar-refractivity contribution is 1.33. The molecule has 3 nitrogen and oxygen atoms in total. The molecule has 1 heterocycles. The van der Waals surface area contributed by atoms with Crippen LogP contribution in [0.4, 0.5) is 11.4 Å². The molecule has 0 spiro atoms. The van der Waals surface area contributed by atoms with E-state index < -0.39 is 0 Å². The molecule has 4 N–H and O–H groups in total. The second-order valence-corrected chi connectivity index (χ2v) is 4.04. The van der Waals surface area contributed by atoms with Crippen molar-refractivity contribution in [2.75, 3.05) is 11.5 Å². The van der Waals surface area contributed by atoms with Crippen LogP contribution in [-0.2, 0) is 0 Å². The van der Waals surface area contributed by atoms with Gasteiger partial charge in [-0.25, -0.2) is 0 Å². The van der Waals surface area contributed by atoms with Gasteiger partial charge in [-0.1, -0.05) is 34.1 Å². The van der Waals surface area contributed by atoms with Crippen LogP contribution in [0.5, 0.6) is 0 Å². The normalized spacial score (nSPS) is 10.2. The van der Waals surface area contributed by atoms with Gasteiger partial charge in [-0.15, -0.1) is 0 Å². The van der Waals surface area contributed by atoms with Gasteiger partial charge >= 0.3 is 0 Å². The number of pyridine rings is 1. The fourth-order valence-corrected chi connectivity index (χ4v) is 1.85. The standard InChI is InChI=1S/C11H10BrN3/c12-9-4-2-1-3-8(9)11-10(14)5-7(13)6-15-11/h1-6H,13-14H2. The summed E-state index contributed by atoms with van der Waals surface area (Å²) in [6.07, 6.45) is 1.60. The maximum atomic E-state index is 5.86. The topological polar surface area (TPSA) is 64.9 Å². The Labute approximate surface area is 96.3 Å². The summed E-state index contributed by atoms with van der Waals surface area (Å²) in [5.41, 5.74) is 14.3. The smallest absolute Gasteiger partial charge is 0.0944 e. The molecule has 0 atom stereocenters. The number of nitrogens with zero attached hydrogens (tertiary/aromatic N) is 1. The summed E-state index contributed by atoms with van der Waals surface area (Å²) >= 11 is 3.46. The monoisotopic (exact) mass is 263 g/mol. The Morgan fingerprint density at radius 2 is 1.87 bits per heavy atom. The first-order valence-corrected chi connectivity index (χ1v) is 5.23. The van der Waals surface area contributed by atoms with E-state index >= 15 is 0 Å². The molecule has 1 aromatic heterocycles. The van der Waals surface area contributed by atoms with Gasteiger partial charge in [-0.05, 0) is 12.1 Å². The van der Waals surface area contributed by atoms with Crippen LogP contribution >= 0.6 is 15.9 Å². The summed E-state index contributed by atoms with van der Waals surface area (Å²) < 4.78 is 0.967. The van der Waals surface area contributed by atoms with Gasteiger partial charge in [0.15, 0.2) is 0 Å². The van der Waals surface area contributed by atoms with Crippen molar-refractivity contribution < 1.29 is 0 Å². The number of anilines is 2. The third-order valence-corrected chi connectivity index (χ3v) is 2.76. The predicted octanol–water partition coefficient (Wildman–Crippen LogP) is 2.68. The van der Waals surface area contributed by atoms with E-state index in [0.29, 0.717) is 11.4 Å². The molecular weight excluding hydrogens is 254 g/mol. The van der Waals surface area contributed by atoms with E-state index in [4.69, 9.17) is 11.5 Å². The Bertz CT molecular complexity index is 497. The number of halogens is 1. The average Bonchev–Trinajstić information content (AvgIpc) is 2.20. The van der Waals surface area contributed by atoms with Crippen LogP contribution in [0.15, 0.2) is 41.0 Å². The summed E-state index contributed by atoms with van der Waals surface area (Å²) in [7, 11) is 0. The molecule has 0 aliphatic carbocycles. The fraction of sp³-hybridized carbons (Fsp3) is 0. The molecule has 0 amide bonds. The van der Waals surface area contributed by atoms with Crippen molar-refractivity contribution in [3.05, 3.63) is 41.0 Å². The van der Waals surface area contributed by atoms with E-state index in [0.717, 1.165) is 15.7 Å². The molecule has 0 saturated heterocycles. The molecule has 0 radical (unpaired) electrons. The molecule has 0 fully saturated rings. The summed E-state index contributed by atoms with van der Waals surface area (Å²) in [5.74, 6) is 0. The van der Waals surface area contributed by atoms with Gasteiger partial charge in [0.1, 0.15) is 0 Å². The predicted molar refractivity (Wildman–Crippen MR) is 66.2 cm³/mol. The number of nitrogen functional groups attached to an aromatic ring is 2. The summed E-state index contributed by atoms with van der Waals surface area (Å²) in [6.45, 7) is 0. The SMILES string of the molecule is Nc1cnc(-c2ccccc2Br)c(N)c1. The molecule has 4 heteroatoms. The van der Waals surface area contributed by atoms with Crippen molar-refractivity contribution in [1.82, 2.24) is 4.98 Å². The van der Waals surface area contributed by atoms with E-state index in [1.807, 2.05) is 24.3 Å². The maximum Gasteiger partial charge on any atom is 0.0944 e. The van der Waals surface area contributed by atoms with Crippen molar-refractivity contribution in [3.63, 3.8) is 0 Å². The highest BCUT2D eigenvalue weighted by atomic mass is 79.9. The highest BCUT2D eigenvalue weighted by Crippen LogP contribution is 2.30. The van der Waals surface area contributed by atoms with Crippen LogP contribution in [0.2, 0.25) is 0 Å². The summed E-state index contributed by atoms with van der Waals surface area (Å²) in [6, 6.07) is 9.51. The van der Waals surface area contributed by atoms with Crippen molar-refractivity contribution >= 4 is 27.3 Å². The molecule has 0 unspecified atom stereocenters. The zero-order chi connectivity index (χ0) is 10.8. The quantitative estimate of drug-likeness (QED) is 0.832. The average molecular weight is 264 g/mol. The van der Waals surface area contributed by atoms with E-state index in [1.165, 1.54) is 0 Å². The molecule has 2 aromatic rings. The number of nitrogens with two attached hydrogens (primary N) is 2. The number of aromatic nitrogens is 1. The van der Waals surface area contributed by atoms with Crippen LogP contribution < -0.4 is 11.5 Å². The summed E-state index contributed by atoms with van der Waals surface area (Å²) in [4.78, 5) is 4.23. The van der Waals surface area contributed by atoms with Crippen molar-refractivity contribution in [1.29, 1.82) is 0 Å². The molecule has 1 aromatic carbocycles. The summed E-state index contributed by atoms with van der Waals surface area (Å²) in [5, 5.41) is 0. The molecule has 0 aliphatic heterocycles. The van der Waals surface area contributed by atoms with E-state index in [-0.39, 0.29) is 0 Å². The van der Waals surface area contributed by atoms with Gasteiger partial charge in [0.05, 0.1) is 23.3 Å². The second kappa shape index (κ2) is 3.90. The van der Waals surface area contributed by atoms with Crippen molar-refractivity contribution in [2.24, 2.45) is 0 Å². The van der Waals surface area contributed by atoms with Gasteiger partial charge < -0.3 is 11.5 Å². The van der Waals surface area contributed by atoms with Gasteiger partial charge in [0.2, 0.25) is 0 Å². The zero-order valence-corrected chi connectivity index (χ0v) is 9.53. The van der Waals surface area contributed by atoms with E-state index in [2.05, 4.69) is 20.9 Å². The maximum absolute atomic E-state index is 5.86. The van der Waals surface area contributed by atoms with Gasteiger partial charge in [-0.2, -0.15) is 0 Å². The third kappa shape index (κ3) is 1.94. The minimum Gasteiger partial charge on any atom is -0.397 e. The molecule has 15 heavy (non-hydrogen) atoms. The first-order valence-electron chi connectivity index (χ1n) is 4.44. The Morgan fingerprint density at radius 1 is 1.13 bits per heavy atom. The number of benzene rings is 1. The molecule has 0 aliphatic rings.